The van der Waals surface area contributed by atoms with Crippen LogP contribution in [0.5, 0.6) is 5.75 Å². The molecular formula is C14H20ClNO3. The van der Waals surface area contributed by atoms with Crippen molar-refractivity contribution in [3.05, 3.63) is 28.8 Å². The fourth-order valence-corrected chi connectivity index (χ4v) is 1.73. The monoisotopic (exact) mass is 285 g/mol. The van der Waals surface area contributed by atoms with Crippen molar-refractivity contribution in [1.29, 1.82) is 0 Å². The van der Waals surface area contributed by atoms with Gasteiger partial charge in [0.1, 0.15) is 5.75 Å². The second-order valence-corrected chi connectivity index (χ2v) is 5.06. The van der Waals surface area contributed by atoms with Gasteiger partial charge in [-0.1, -0.05) is 25.4 Å². The van der Waals surface area contributed by atoms with Gasteiger partial charge >= 0.3 is 0 Å². The molecule has 0 heterocycles. The van der Waals surface area contributed by atoms with E-state index in [1.165, 1.54) is 18.2 Å². The number of carbonyl (C=O) groups is 1. The smallest absolute Gasteiger partial charge is 0.251 e. The van der Waals surface area contributed by atoms with Crippen molar-refractivity contribution in [2.45, 2.75) is 26.8 Å². The van der Waals surface area contributed by atoms with Crippen molar-refractivity contribution < 1.29 is 14.6 Å². The van der Waals surface area contributed by atoms with Crippen LogP contribution >= 0.6 is 11.6 Å². The highest BCUT2D eigenvalue weighted by Gasteiger charge is 2.17. The van der Waals surface area contributed by atoms with Crippen LogP contribution in [0.3, 0.4) is 0 Å². The molecule has 0 saturated carbocycles. The Morgan fingerprint density at radius 1 is 1.47 bits per heavy atom. The summed E-state index contributed by atoms with van der Waals surface area (Å²) in [7, 11) is 0. The molecule has 1 atom stereocenters. The molecule has 5 heteroatoms. The third-order valence-corrected chi connectivity index (χ3v) is 3.14. The number of benzene rings is 1. The Hall–Kier alpha value is -1.26. The van der Waals surface area contributed by atoms with Gasteiger partial charge < -0.3 is 15.2 Å². The molecule has 1 aromatic rings. The number of aromatic hydroxyl groups is 1. The topological polar surface area (TPSA) is 58.6 Å². The number of ether oxygens (including phenoxy) is 1. The minimum Gasteiger partial charge on any atom is -0.506 e. The van der Waals surface area contributed by atoms with E-state index in [0.717, 1.165) is 0 Å². The summed E-state index contributed by atoms with van der Waals surface area (Å²) in [4.78, 5) is 12.1. The lowest BCUT2D eigenvalue weighted by molar-refractivity contribution is 0.0806. The molecule has 0 aromatic heterocycles. The zero-order valence-corrected chi connectivity index (χ0v) is 12.2. The highest BCUT2D eigenvalue weighted by molar-refractivity contribution is 6.32. The van der Waals surface area contributed by atoms with Crippen LogP contribution < -0.4 is 5.32 Å². The second kappa shape index (κ2) is 7.36. The quantitative estimate of drug-likeness (QED) is 0.845. The van der Waals surface area contributed by atoms with Crippen molar-refractivity contribution in [3.8, 4) is 5.75 Å². The predicted molar refractivity (Wildman–Crippen MR) is 75.7 cm³/mol. The maximum Gasteiger partial charge on any atom is 0.251 e. The summed E-state index contributed by atoms with van der Waals surface area (Å²) < 4.78 is 5.36. The molecule has 0 bridgehead atoms. The minimum absolute atomic E-state index is 0.0343. The van der Waals surface area contributed by atoms with E-state index in [0.29, 0.717) is 18.8 Å². The number of hydrogen-bond acceptors (Lipinski definition) is 3. The molecule has 0 aliphatic heterocycles. The summed E-state index contributed by atoms with van der Waals surface area (Å²) in [6.45, 7) is 7.05. The molecule has 1 unspecified atom stereocenters. The van der Waals surface area contributed by atoms with Crippen LogP contribution in [0, 0.1) is 5.92 Å². The van der Waals surface area contributed by atoms with Gasteiger partial charge in [0, 0.05) is 12.2 Å². The fourth-order valence-electron chi connectivity index (χ4n) is 1.55. The highest BCUT2D eigenvalue weighted by Crippen LogP contribution is 2.23. The van der Waals surface area contributed by atoms with E-state index in [9.17, 15) is 9.90 Å². The molecule has 0 saturated heterocycles. The van der Waals surface area contributed by atoms with Gasteiger partial charge in [0.2, 0.25) is 0 Å². The van der Waals surface area contributed by atoms with E-state index in [1.54, 1.807) is 0 Å². The van der Waals surface area contributed by atoms with E-state index < -0.39 is 0 Å². The van der Waals surface area contributed by atoms with Crippen molar-refractivity contribution in [2.75, 3.05) is 13.2 Å². The second-order valence-electron chi connectivity index (χ2n) is 4.65. The Morgan fingerprint density at radius 2 is 2.16 bits per heavy atom. The Labute approximate surface area is 118 Å². The number of rotatable bonds is 6. The molecule has 1 aromatic carbocycles. The van der Waals surface area contributed by atoms with Crippen molar-refractivity contribution in [3.63, 3.8) is 0 Å². The van der Waals surface area contributed by atoms with Crippen LogP contribution in [0.1, 0.15) is 31.1 Å². The lowest BCUT2D eigenvalue weighted by atomic mass is 10.0. The molecule has 0 radical (unpaired) electrons. The molecule has 2 N–H and O–H groups in total. The van der Waals surface area contributed by atoms with Crippen LogP contribution in [0.25, 0.3) is 0 Å². The Bertz CT molecular complexity index is 435. The van der Waals surface area contributed by atoms with Crippen LogP contribution in [0.15, 0.2) is 18.2 Å². The van der Waals surface area contributed by atoms with Crippen LogP contribution in [0.2, 0.25) is 5.02 Å². The maximum atomic E-state index is 12.1. The molecule has 1 rings (SSSR count). The summed E-state index contributed by atoms with van der Waals surface area (Å²) >= 11 is 5.79. The number of phenolic OH excluding ortho intramolecular Hbond substituents is 1. The van der Waals surface area contributed by atoms with E-state index >= 15 is 0 Å². The van der Waals surface area contributed by atoms with Crippen LogP contribution in [0.4, 0.5) is 0 Å². The van der Waals surface area contributed by atoms with Crippen molar-refractivity contribution in [2.24, 2.45) is 5.92 Å². The summed E-state index contributed by atoms with van der Waals surface area (Å²) in [6.07, 6.45) is 0. The number of carbonyl (C=O) groups excluding carboxylic acids is 1. The standard InChI is InChI=1S/C14H20ClNO3/c1-4-19-8-12(9(2)3)16-14(18)10-5-6-13(17)11(15)7-10/h5-7,9,12,17H,4,8H2,1-3H3,(H,16,18). The number of amides is 1. The third kappa shape index (κ3) is 4.73. The van der Waals surface area contributed by atoms with Crippen molar-refractivity contribution >= 4 is 17.5 Å². The number of nitrogens with one attached hydrogen (secondary N) is 1. The van der Waals surface area contributed by atoms with Crippen LogP contribution in [-0.4, -0.2) is 30.3 Å². The molecule has 4 nitrogen and oxygen atoms in total. The lowest BCUT2D eigenvalue weighted by Gasteiger charge is -2.22. The first kappa shape index (κ1) is 15.8. The molecule has 0 aliphatic carbocycles. The minimum atomic E-state index is -0.222. The number of phenols is 1. The van der Waals surface area contributed by atoms with Gasteiger partial charge in [0.15, 0.2) is 0 Å². The van der Waals surface area contributed by atoms with Gasteiger partial charge in [-0.3, -0.25) is 4.79 Å². The SMILES string of the molecule is CCOCC(NC(=O)c1ccc(O)c(Cl)c1)C(C)C. The average molecular weight is 286 g/mol. The molecule has 19 heavy (non-hydrogen) atoms. The van der Waals surface area contributed by atoms with E-state index in [1.807, 2.05) is 20.8 Å². The first-order valence-corrected chi connectivity index (χ1v) is 6.70. The molecule has 106 valence electrons. The first-order chi connectivity index (χ1) is 8.95. The van der Waals surface area contributed by atoms with Gasteiger partial charge in [-0.05, 0) is 31.0 Å². The summed E-state index contributed by atoms with van der Waals surface area (Å²) in [6, 6.07) is 4.34. The number of halogens is 1. The molecular weight excluding hydrogens is 266 g/mol. The van der Waals surface area contributed by atoms with Gasteiger partial charge in [-0.25, -0.2) is 0 Å². The fraction of sp³-hybridized carbons (Fsp3) is 0.500. The summed E-state index contributed by atoms with van der Waals surface area (Å²) in [5.41, 5.74) is 0.421. The summed E-state index contributed by atoms with van der Waals surface area (Å²) in [5, 5.41) is 12.4. The average Bonchev–Trinajstić information content (AvgIpc) is 2.37. The zero-order chi connectivity index (χ0) is 14.4. The number of hydrogen-bond donors (Lipinski definition) is 2. The van der Waals surface area contributed by atoms with Gasteiger partial charge in [-0.2, -0.15) is 0 Å². The molecule has 0 spiro atoms. The van der Waals surface area contributed by atoms with E-state index in [-0.39, 0.29) is 28.6 Å². The molecule has 0 fully saturated rings. The molecule has 1 amide bonds. The Morgan fingerprint density at radius 3 is 2.68 bits per heavy atom. The van der Waals surface area contributed by atoms with E-state index in [4.69, 9.17) is 16.3 Å². The first-order valence-electron chi connectivity index (χ1n) is 6.32. The summed E-state index contributed by atoms with van der Waals surface area (Å²) in [5.74, 6) is 0.0105. The van der Waals surface area contributed by atoms with Crippen molar-refractivity contribution in [1.82, 2.24) is 5.32 Å². The predicted octanol–water partition coefficient (Wildman–Crippen LogP) is 2.84. The van der Waals surface area contributed by atoms with E-state index in [2.05, 4.69) is 5.32 Å². The lowest BCUT2D eigenvalue weighted by Crippen LogP contribution is -2.41. The van der Waals surface area contributed by atoms with Gasteiger partial charge in [0.05, 0.1) is 17.7 Å². The normalized spacial score (nSPS) is 12.5. The Kier molecular flexibility index (Phi) is 6.12. The van der Waals surface area contributed by atoms with Crippen LogP contribution in [-0.2, 0) is 4.74 Å². The molecule has 0 aliphatic rings. The maximum absolute atomic E-state index is 12.1. The third-order valence-electron chi connectivity index (χ3n) is 2.83. The highest BCUT2D eigenvalue weighted by atomic mass is 35.5. The Balaban J connectivity index is 2.73. The van der Waals surface area contributed by atoms with Gasteiger partial charge in [-0.15, -0.1) is 0 Å². The zero-order valence-electron chi connectivity index (χ0n) is 11.4. The van der Waals surface area contributed by atoms with Gasteiger partial charge in [0.25, 0.3) is 5.91 Å². The largest absolute Gasteiger partial charge is 0.506 e.